The van der Waals surface area contributed by atoms with Crippen molar-refractivity contribution in [2.75, 3.05) is 26.2 Å². The van der Waals surface area contributed by atoms with E-state index in [2.05, 4.69) is 16.7 Å². The van der Waals surface area contributed by atoms with Gasteiger partial charge < -0.3 is 5.11 Å². The van der Waals surface area contributed by atoms with E-state index in [9.17, 15) is 9.50 Å². The second kappa shape index (κ2) is 5.10. The molecular weight excluding hydrogens is 243 g/mol. The summed E-state index contributed by atoms with van der Waals surface area (Å²) < 4.78 is 13.9. The molecule has 3 rings (SSSR count). The summed E-state index contributed by atoms with van der Waals surface area (Å²) in [6, 6.07) is 5.20. The van der Waals surface area contributed by atoms with E-state index >= 15 is 0 Å². The fraction of sp³-hybridized carbons (Fsp3) is 0.600. The molecule has 2 aliphatic heterocycles. The zero-order chi connectivity index (χ0) is 13.4. The molecule has 0 aromatic heterocycles. The van der Waals surface area contributed by atoms with Crippen LogP contribution in [0.4, 0.5) is 4.39 Å². The second-order valence-corrected chi connectivity index (χ2v) is 5.71. The molecule has 4 heteroatoms. The highest BCUT2D eigenvalue weighted by atomic mass is 19.1. The lowest BCUT2D eigenvalue weighted by molar-refractivity contribution is 0.0758. The summed E-state index contributed by atoms with van der Waals surface area (Å²) in [5.74, 6) is -0.310. The van der Waals surface area contributed by atoms with E-state index in [1.807, 2.05) is 0 Å². The number of phenols is 1. The second-order valence-electron chi connectivity index (χ2n) is 5.71. The van der Waals surface area contributed by atoms with Crippen molar-refractivity contribution in [3.8, 4) is 5.75 Å². The number of fused-ring (bicyclic) bond motifs is 1. The summed E-state index contributed by atoms with van der Waals surface area (Å²) in [6.07, 6.45) is 2.56. The van der Waals surface area contributed by atoms with Crippen molar-refractivity contribution in [1.29, 1.82) is 0 Å². The molecule has 1 aromatic rings. The molecule has 0 radical (unpaired) electrons. The average molecular weight is 264 g/mol. The van der Waals surface area contributed by atoms with Gasteiger partial charge >= 0.3 is 0 Å². The monoisotopic (exact) mass is 264 g/mol. The Morgan fingerprint density at radius 3 is 2.95 bits per heavy atom. The first-order valence-electron chi connectivity index (χ1n) is 7.11. The maximum Gasteiger partial charge on any atom is 0.131 e. The van der Waals surface area contributed by atoms with Gasteiger partial charge in [0, 0.05) is 43.3 Å². The summed E-state index contributed by atoms with van der Waals surface area (Å²) in [7, 11) is 0. The molecule has 0 amide bonds. The van der Waals surface area contributed by atoms with Crippen molar-refractivity contribution in [3.63, 3.8) is 0 Å². The number of hydrogen-bond acceptors (Lipinski definition) is 3. The molecule has 0 spiro atoms. The number of rotatable bonds is 2. The van der Waals surface area contributed by atoms with Crippen molar-refractivity contribution in [1.82, 2.24) is 9.80 Å². The van der Waals surface area contributed by atoms with Crippen LogP contribution in [0.25, 0.3) is 0 Å². The normalized spacial score (nSPS) is 26.3. The first-order chi connectivity index (χ1) is 9.15. The minimum Gasteiger partial charge on any atom is -0.508 e. The molecule has 2 heterocycles. The van der Waals surface area contributed by atoms with Gasteiger partial charge in [0.2, 0.25) is 0 Å². The molecule has 2 atom stereocenters. The predicted octanol–water partition coefficient (Wildman–Crippen LogP) is 2.37. The van der Waals surface area contributed by atoms with Crippen LogP contribution in [0.1, 0.15) is 31.4 Å². The molecule has 1 N–H and O–H groups in total. The smallest absolute Gasteiger partial charge is 0.131 e. The highest BCUT2D eigenvalue weighted by molar-refractivity contribution is 5.29. The number of nitrogens with zero attached hydrogens (tertiary/aromatic N) is 2. The van der Waals surface area contributed by atoms with Gasteiger partial charge in [-0.25, -0.2) is 4.39 Å². The maximum absolute atomic E-state index is 13.9. The van der Waals surface area contributed by atoms with Crippen LogP contribution < -0.4 is 0 Å². The number of halogens is 1. The third kappa shape index (κ3) is 2.47. The van der Waals surface area contributed by atoms with Crippen LogP contribution in [-0.4, -0.2) is 47.1 Å². The molecule has 0 bridgehead atoms. The van der Waals surface area contributed by atoms with Crippen LogP contribution >= 0.6 is 0 Å². The topological polar surface area (TPSA) is 26.7 Å². The van der Waals surface area contributed by atoms with Crippen LogP contribution in [0, 0.1) is 5.82 Å². The number of piperazine rings is 1. The van der Waals surface area contributed by atoms with Crippen LogP contribution in [0.15, 0.2) is 18.2 Å². The van der Waals surface area contributed by atoms with E-state index < -0.39 is 0 Å². The quantitative estimate of drug-likeness (QED) is 0.888. The van der Waals surface area contributed by atoms with Gasteiger partial charge in [-0.3, -0.25) is 9.80 Å². The van der Waals surface area contributed by atoms with Gasteiger partial charge in [0.05, 0.1) is 0 Å². The van der Waals surface area contributed by atoms with Crippen LogP contribution in [-0.2, 0) is 0 Å². The van der Waals surface area contributed by atoms with Gasteiger partial charge in [-0.2, -0.15) is 0 Å². The largest absolute Gasteiger partial charge is 0.508 e. The van der Waals surface area contributed by atoms with Crippen LogP contribution in [0.2, 0.25) is 0 Å². The minimum absolute atomic E-state index is 0.00550. The summed E-state index contributed by atoms with van der Waals surface area (Å²) in [5, 5.41) is 9.29. The summed E-state index contributed by atoms with van der Waals surface area (Å²) in [5.41, 5.74) is 0.684. The summed E-state index contributed by atoms with van der Waals surface area (Å²) in [4.78, 5) is 4.92. The Morgan fingerprint density at radius 1 is 1.32 bits per heavy atom. The Morgan fingerprint density at radius 2 is 2.16 bits per heavy atom. The molecule has 2 aliphatic rings. The Labute approximate surface area is 113 Å². The standard InChI is InChI=1S/C15H21FN2O/c1-11(14-5-4-13(19)9-15(14)16)18-8-7-17-6-2-3-12(17)10-18/h4-5,9,11-12,19H,2-3,6-8,10H2,1H3. The first kappa shape index (κ1) is 12.9. The molecule has 2 saturated heterocycles. The maximum atomic E-state index is 13.9. The van der Waals surface area contributed by atoms with Gasteiger partial charge in [-0.1, -0.05) is 6.07 Å². The molecule has 2 fully saturated rings. The molecule has 19 heavy (non-hydrogen) atoms. The van der Waals surface area contributed by atoms with E-state index in [0.29, 0.717) is 11.6 Å². The van der Waals surface area contributed by atoms with Gasteiger partial charge in [-0.05, 0) is 32.4 Å². The number of phenolic OH excluding ortho intramolecular Hbond substituents is 1. The zero-order valence-electron chi connectivity index (χ0n) is 11.3. The van der Waals surface area contributed by atoms with Gasteiger partial charge in [0.15, 0.2) is 0 Å². The van der Waals surface area contributed by atoms with Gasteiger partial charge in [0.25, 0.3) is 0 Å². The number of aromatic hydroxyl groups is 1. The van der Waals surface area contributed by atoms with E-state index in [0.717, 1.165) is 19.6 Å². The zero-order valence-corrected chi connectivity index (χ0v) is 11.3. The molecule has 1 aromatic carbocycles. The van der Waals surface area contributed by atoms with E-state index in [4.69, 9.17) is 0 Å². The Hall–Kier alpha value is -1.13. The van der Waals surface area contributed by atoms with Crippen LogP contribution in [0.5, 0.6) is 5.75 Å². The molecular formula is C15H21FN2O. The lowest BCUT2D eigenvalue weighted by Crippen LogP contribution is -2.50. The van der Waals surface area contributed by atoms with E-state index in [1.165, 1.54) is 25.5 Å². The van der Waals surface area contributed by atoms with Gasteiger partial charge in [-0.15, -0.1) is 0 Å². The Bertz CT molecular complexity index is 465. The molecule has 3 nitrogen and oxygen atoms in total. The third-order valence-electron chi connectivity index (χ3n) is 4.60. The van der Waals surface area contributed by atoms with Crippen molar-refractivity contribution in [3.05, 3.63) is 29.6 Å². The molecule has 104 valence electrons. The van der Waals surface area contributed by atoms with E-state index in [-0.39, 0.29) is 17.6 Å². The average Bonchev–Trinajstić information content (AvgIpc) is 2.85. The number of hydrogen-bond donors (Lipinski definition) is 1. The third-order valence-corrected chi connectivity index (χ3v) is 4.60. The lowest BCUT2D eigenvalue weighted by atomic mass is 10.0. The highest BCUT2D eigenvalue weighted by Gasteiger charge is 2.33. The summed E-state index contributed by atoms with van der Waals surface area (Å²) >= 11 is 0. The molecule has 2 unspecified atom stereocenters. The van der Waals surface area contributed by atoms with Crippen LogP contribution in [0.3, 0.4) is 0 Å². The highest BCUT2D eigenvalue weighted by Crippen LogP contribution is 2.30. The Balaban J connectivity index is 1.74. The van der Waals surface area contributed by atoms with Crippen molar-refractivity contribution < 1.29 is 9.50 Å². The molecule has 0 aliphatic carbocycles. The number of benzene rings is 1. The fourth-order valence-corrected chi connectivity index (χ4v) is 3.42. The fourth-order valence-electron chi connectivity index (χ4n) is 3.42. The van der Waals surface area contributed by atoms with E-state index in [1.54, 1.807) is 12.1 Å². The van der Waals surface area contributed by atoms with Gasteiger partial charge in [0.1, 0.15) is 11.6 Å². The first-order valence-corrected chi connectivity index (χ1v) is 7.11. The van der Waals surface area contributed by atoms with Crippen molar-refractivity contribution in [2.24, 2.45) is 0 Å². The minimum atomic E-state index is -0.304. The lowest BCUT2D eigenvalue weighted by Gasteiger charge is -2.40. The predicted molar refractivity (Wildman–Crippen MR) is 72.6 cm³/mol. The van der Waals surface area contributed by atoms with Crippen molar-refractivity contribution in [2.45, 2.75) is 31.8 Å². The van der Waals surface area contributed by atoms with Crippen molar-refractivity contribution >= 4 is 0 Å². The Kier molecular flexibility index (Phi) is 3.46. The summed E-state index contributed by atoms with van der Waals surface area (Å²) in [6.45, 7) is 6.40. The molecule has 0 saturated carbocycles. The SMILES string of the molecule is CC(c1ccc(O)cc1F)N1CCN2CCCC2C1.